The second-order valence-electron chi connectivity index (χ2n) is 11.9. The van der Waals surface area contributed by atoms with Gasteiger partial charge in [-0.2, -0.15) is 4.41 Å². The van der Waals surface area contributed by atoms with Crippen LogP contribution in [-0.2, 0) is 20.8 Å². The van der Waals surface area contributed by atoms with E-state index in [1.54, 1.807) is 12.3 Å². The number of anilines is 2. The third-order valence-electron chi connectivity index (χ3n) is 8.72. The van der Waals surface area contributed by atoms with Gasteiger partial charge in [0.05, 0.1) is 12.1 Å². The molecular formula is C33H35F3N6O6S. The number of carbonyl (C=O) groups is 2. The normalized spacial score (nSPS) is 17.9. The molecule has 0 spiro atoms. The molecule has 2 aromatic carbocycles. The number of aromatic nitrogens is 2. The fourth-order valence-electron chi connectivity index (χ4n) is 6.23. The number of nitrogens with zero attached hydrogens (tertiary/aromatic N) is 5. The van der Waals surface area contributed by atoms with Gasteiger partial charge in [-0.05, 0) is 48.7 Å². The first-order chi connectivity index (χ1) is 23.6. The minimum atomic E-state index is -2.81. The second-order valence-corrected chi connectivity index (χ2v) is 12.7. The SMILES string of the molecule is O=C(O)COCCCN1CCN(c2ccc(-c3cnc4[nH]cc(C(=O)c5c(F)ccc(N(N6CC[C@@H](F)C6)S(=O)O)c5F)c4c3)cc2)CC1. The quantitative estimate of drug-likeness (QED) is 0.105. The molecule has 3 N–H and O–H groups in total. The number of carboxylic acids is 1. The maximum Gasteiger partial charge on any atom is 0.329 e. The van der Waals surface area contributed by atoms with Gasteiger partial charge in [-0.15, -0.1) is 0 Å². The maximum atomic E-state index is 15.9. The van der Waals surface area contributed by atoms with Gasteiger partial charge in [0.25, 0.3) is 11.3 Å². The van der Waals surface area contributed by atoms with Crippen LogP contribution in [-0.4, -0.2) is 111 Å². The zero-order chi connectivity index (χ0) is 34.7. The standard InChI is InChI=1S/C33H35F3N6O6S/c34-23-8-10-41(19-23)42(49(46)47)28-7-6-27(35)30(31(28)36)32(45)26-18-38-33-25(26)16-22(17-37-33)21-2-4-24(5-3-21)40-13-11-39(12-14-40)9-1-15-48-20-29(43)44/h2-7,16-18,23H,1,8-15,19-20H2,(H,37,38)(H,43,44)(H,46,47)/t23-/m1/s1. The minimum absolute atomic E-state index is 0.0381. The zero-order valence-corrected chi connectivity index (χ0v) is 27.2. The lowest BCUT2D eigenvalue weighted by Gasteiger charge is -2.36. The van der Waals surface area contributed by atoms with E-state index in [-0.39, 0.29) is 31.7 Å². The first-order valence-corrected chi connectivity index (χ1v) is 16.8. The first kappa shape index (κ1) is 34.5. The minimum Gasteiger partial charge on any atom is -0.480 e. The lowest BCUT2D eigenvalue weighted by Crippen LogP contribution is -2.46. The third-order valence-corrected chi connectivity index (χ3v) is 9.44. The molecule has 2 aromatic heterocycles. The number of halogens is 3. The zero-order valence-electron chi connectivity index (χ0n) is 26.4. The van der Waals surface area contributed by atoms with Gasteiger partial charge in [0.15, 0.2) is 5.82 Å². The molecule has 6 rings (SSSR count). The maximum absolute atomic E-state index is 15.9. The molecule has 2 fully saturated rings. The highest BCUT2D eigenvalue weighted by Crippen LogP contribution is 2.33. The summed E-state index contributed by atoms with van der Waals surface area (Å²) in [5, 5.41) is 10.2. The summed E-state index contributed by atoms with van der Waals surface area (Å²) in [5.41, 5.74) is 1.39. The van der Waals surface area contributed by atoms with E-state index in [1.807, 2.05) is 24.3 Å². The van der Waals surface area contributed by atoms with Crippen LogP contribution in [0.5, 0.6) is 0 Å². The molecule has 260 valence electrons. The Hall–Kier alpha value is -4.35. The van der Waals surface area contributed by atoms with Crippen LogP contribution in [0.25, 0.3) is 22.2 Å². The number of ketones is 1. The number of benzene rings is 2. The number of ether oxygens (including phenoxy) is 1. The molecule has 0 bridgehead atoms. The van der Waals surface area contributed by atoms with Gasteiger partial charge >= 0.3 is 5.97 Å². The predicted octanol–water partition coefficient (Wildman–Crippen LogP) is 4.25. The lowest BCUT2D eigenvalue weighted by atomic mass is 9.99. The number of piperazine rings is 1. The Labute approximate surface area is 282 Å². The number of hydrogen-bond acceptors (Lipinski definition) is 8. The Balaban J connectivity index is 1.17. The van der Waals surface area contributed by atoms with Gasteiger partial charge in [0.2, 0.25) is 5.78 Å². The smallest absolute Gasteiger partial charge is 0.329 e. The van der Waals surface area contributed by atoms with Gasteiger partial charge in [-0.3, -0.25) is 14.2 Å². The number of rotatable bonds is 13. The molecule has 16 heteroatoms. The Kier molecular flexibility index (Phi) is 10.6. The van der Waals surface area contributed by atoms with E-state index in [2.05, 4.69) is 19.8 Å². The summed E-state index contributed by atoms with van der Waals surface area (Å²) in [6.07, 6.45) is 2.49. The van der Waals surface area contributed by atoms with Crippen molar-refractivity contribution in [2.45, 2.75) is 19.0 Å². The summed E-state index contributed by atoms with van der Waals surface area (Å²) in [7, 11) is 0. The van der Waals surface area contributed by atoms with E-state index in [1.165, 1.54) is 6.20 Å². The van der Waals surface area contributed by atoms with Crippen LogP contribution in [0.3, 0.4) is 0 Å². The molecule has 0 amide bonds. The summed E-state index contributed by atoms with van der Waals surface area (Å²) in [4.78, 5) is 36.1. The number of carbonyl (C=O) groups excluding carboxylic acids is 1. The van der Waals surface area contributed by atoms with Crippen molar-refractivity contribution in [3.63, 3.8) is 0 Å². The molecule has 1 unspecified atom stereocenters. The molecule has 0 saturated carbocycles. The number of H-pyrrole nitrogens is 1. The van der Waals surface area contributed by atoms with Crippen molar-refractivity contribution in [1.82, 2.24) is 19.9 Å². The number of pyridine rings is 1. The van der Waals surface area contributed by atoms with E-state index < -0.39 is 52.1 Å². The molecule has 2 aliphatic rings. The van der Waals surface area contributed by atoms with Crippen LogP contribution in [0.2, 0.25) is 0 Å². The third kappa shape index (κ3) is 7.63. The molecule has 4 heterocycles. The molecule has 12 nitrogen and oxygen atoms in total. The van der Waals surface area contributed by atoms with E-state index in [9.17, 15) is 22.7 Å². The molecular weight excluding hydrogens is 665 g/mol. The van der Waals surface area contributed by atoms with E-state index in [0.717, 1.165) is 67.5 Å². The van der Waals surface area contributed by atoms with Crippen LogP contribution in [0.15, 0.2) is 54.9 Å². The lowest BCUT2D eigenvalue weighted by molar-refractivity contribution is -0.142. The number of alkyl halides is 1. The van der Waals surface area contributed by atoms with Crippen molar-refractivity contribution >= 4 is 45.4 Å². The van der Waals surface area contributed by atoms with E-state index >= 15 is 8.78 Å². The van der Waals surface area contributed by atoms with Gasteiger partial charge in [0, 0.05) is 80.5 Å². The van der Waals surface area contributed by atoms with Gasteiger partial charge in [-0.1, -0.05) is 12.1 Å². The average Bonchev–Trinajstić information content (AvgIpc) is 3.71. The summed E-state index contributed by atoms with van der Waals surface area (Å²) < 4.78 is 72.7. The summed E-state index contributed by atoms with van der Waals surface area (Å²) in [6.45, 7) is 4.11. The fourth-order valence-corrected chi connectivity index (χ4v) is 6.88. The Bertz CT molecular complexity index is 1850. The first-order valence-electron chi connectivity index (χ1n) is 15.8. The topological polar surface area (TPSA) is 143 Å². The number of hydrazine groups is 1. The van der Waals surface area contributed by atoms with Crippen molar-refractivity contribution in [3.8, 4) is 11.1 Å². The Morgan fingerprint density at radius 2 is 1.82 bits per heavy atom. The highest BCUT2D eigenvalue weighted by molar-refractivity contribution is 7.80. The van der Waals surface area contributed by atoms with Gasteiger partial charge in [0.1, 0.15) is 29.9 Å². The van der Waals surface area contributed by atoms with Crippen LogP contribution >= 0.6 is 0 Å². The van der Waals surface area contributed by atoms with Crippen molar-refractivity contribution in [2.75, 3.05) is 68.3 Å². The Morgan fingerprint density at radius 3 is 2.49 bits per heavy atom. The highest BCUT2D eigenvalue weighted by atomic mass is 32.2. The Morgan fingerprint density at radius 1 is 1.06 bits per heavy atom. The molecule has 0 aliphatic carbocycles. The van der Waals surface area contributed by atoms with Crippen molar-refractivity contribution in [2.24, 2.45) is 0 Å². The molecule has 49 heavy (non-hydrogen) atoms. The van der Waals surface area contributed by atoms with Crippen LogP contribution in [0.4, 0.5) is 24.5 Å². The molecule has 2 aliphatic heterocycles. The van der Waals surface area contributed by atoms with Crippen molar-refractivity contribution in [3.05, 3.63) is 77.6 Å². The fraction of sp³-hybridized carbons (Fsp3) is 0.364. The molecule has 4 aromatic rings. The number of aliphatic carboxylic acids is 1. The predicted molar refractivity (Wildman–Crippen MR) is 177 cm³/mol. The molecule has 2 atom stereocenters. The second kappa shape index (κ2) is 15.0. The van der Waals surface area contributed by atoms with Gasteiger partial charge in [-0.25, -0.2) is 32.2 Å². The number of aromatic amines is 1. The van der Waals surface area contributed by atoms with Crippen LogP contribution in [0.1, 0.15) is 28.8 Å². The van der Waals surface area contributed by atoms with E-state index in [4.69, 9.17) is 9.84 Å². The van der Waals surface area contributed by atoms with Crippen LogP contribution < -0.4 is 9.31 Å². The van der Waals surface area contributed by atoms with Crippen molar-refractivity contribution < 1.29 is 41.4 Å². The number of carboxylic acid groups (broad SMARTS) is 1. The number of nitrogens with one attached hydrogen (secondary N) is 1. The summed E-state index contributed by atoms with van der Waals surface area (Å²) >= 11 is -2.81. The van der Waals surface area contributed by atoms with Gasteiger partial charge < -0.3 is 19.7 Å². The number of fused-ring (bicyclic) bond motifs is 1. The van der Waals surface area contributed by atoms with Crippen LogP contribution in [0, 0.1) is 11.6 Å². The largest absolute Gasteiger partial charge is 0.480 e. The molecule has 0 radical (unpaired) electrons. The summed E-state index contributed by atoms with van der Waals surface area (Å²) in [5.74, 6) is -4.45. The summed E-state index contributed by atoms with van der Waals surface area (Å²) in [6, 6.07) is 11.4. The van der Waals surface area contributed by atoms with E-state index in [0.29, 0.717) is 27.6 Å². The average molecular weight is 701 g/mol. The van der Waals surface area contributed by atoms with Crippen molar-refractivity contribution in [1.29, 1.82) is 0 Å². The monoisotopic (exact) mass is 700 g/mol. The molecule has 2 saturated heterocycles. The highest BCUT2D eigenvalue weighted by Gasteiger charge is 2.34. The number of hydrogen-bond donors (Lipinski definition) is 3.